The third-order valence-electron chi connectivity index (χ3n) is 4.40. The van der Waals surface area contributed by atoms with Crippen LogP contribution >= 0.6 is 11.3 Å². The minimum atomic E-state index is 0.121. The van der Waals surface area contributed by atoms with E-state index in [9.17, 15) is 4.79 Å². The van der Waals surface area contributed by atoms with E-state index < -0.39 is 0 Å². The van der Waals surface area contributed by atoms with Crippen molar-refractivity contribution in [3.63, 3.8) is 0 Å². The van der Waals surface area contributed by atoms with E-state index in [1.165, 1.54) is 0 Å². The number of nitrogens with zero attached hydrogens (tertiary/aromatic N) is 2. The molecule has 2 atom stereocenters. The van der Waals surface area contributed by atoms with Gasteiger partial charge in [-0.3, -0.25) is 4.79 Å². The Kier molecular flexibility index (Phi) is 4.15. The minimum absolute atomic E-state index is 0.121. The summed E-state index contributed by atoms with van der Waals surface area (Å²) >= 11 is 1.65. The van der Waals surface area contributed by atoms with Crippen LogP contribution in [0.15, 0.2) is 23.6 Å². The molecule has 3 rings (SSSR count). The van der Waals surface area contributed by atoms with Gasteiger partial charge in [0, 0.05) is 41.9 Å². The van der Waals surface area contributed by atoms with E-state index in [-0.39, 0.29) is 11.3 Å². The molecular formula is C16H22N2O2S. The summed E-state index contributed by atoms with van der Waals surface area (Å²) in [6.07, 6.45) is 3.62. The highest BCUT2D eigenvalue weighted by Crippen LogP contribution is 2.41. The van der Waals surface area contributed by atoms with Crippen LogP contribution in [-0.4, -0.2) is 62.7 Å². The van der Waals surface area contributed by atoms with Crippen molar-refractivity contribution in [3.05, 3.63) is 28.5 Å². The predicted octanol–water partition coefficient (Wildman–Crippen LogP) is 1.80. The molecule has 1 aromatic heterocycles. The molecule has 2 aliphatic rings. The maximum atomic E-state index is 12.4. The maximum Gasteiger partial charge on any atom is 0.246 e. The van der Waals surface area contributed by atoms with Gasteiger partial charge < -0.3 is 14.5 Å². The number of amides is 1. The summed E-state index contributed by atoms with van der Waals surface area (Å²) in [5, 5.41) is 2.02. The Balaban J connectivity index is 1.67. The Morgan fingerprint density at radius 3 is 3.19 bits per heavy atom. The number of fused-ring (bicyclic) bond motifs is 1. The van der Waals surface area contributed by atoms with Gasteiger partial charge in [0.2, 0.25) is 5.91 Å². The smallest absolute Gasteiger partial charge is 0.246 e. The summed E-state index contributed by atoms with van der Waals surface area (Å²) < 4.78 is 5.68. The van der Waals surface area contributed by atoms with Crippen molar-refractivity contribution in [3.8, 4) is 0 Å². The van der Waals surface area contributed by atoms with E-state index >= 15 is 0 Å². The van der Waals surface area contributed by atoms with Crippen molar-refractivity contribution in [2.75, 3.05) is 46.9 Å². The van der Waals surface area contributed by atoms with Crippen molar-refractivity contribution in [2.45, 2.75) is 0 Å². The fourth-order valence-electron chi connectivity index (χ4n) is 3.50. The highest BCUT2D eigenvalue weighted by Gasteiger charge is 2.51. The van der Waals surface area contributed by atoms with Crippen LogP contribution in [-0.2, 0) is 9.53 Å². The van der Waals surface area contributed by atoms with E-state index in [4.69, 9.17) is 4.74 Å². The standard InChI is InChI=1S/C16H22N2O2S/c1-17(2)10-16-11-18(8-13(16)9-20-12-16)15(19)6-5-14-4-3-7-21-14/h3-7,13H,8-12H2,1-2H3/b6-5+/t13-,16+/m0/s1. The molecule has 0 aromatic carbocycles. The number of rotatable bonds is 4. The zero-order valence-electron chi connectivity index (χ0n) is 12.6. The summed E-state index contributed by atoms with van der Waals surface area (Å²) in [5.74, 6) is 0.593. The molecule has 4 nitrogen and oxygen atoms in total. The monoisotopic (exact) mass is 306 g/mol. The first-order valence-electron chi connectivity index (χ1n) is 7.32. The first kappa shape index (κ1) is 14.8. The summed E-state index contributed by atoms with van der Waals surface area (Å²) in [5.41, 5.74) is 0.121. The number of hydrogen-bond donors (Lipinski definition) is 0. The van der Waals surface area contributed by atoms with Gasteiger partial charge in [-0.25, -0.2) is 0 Å². The van der Waals surface area contributed by atoms with Gasteiger partial charge in [0.15, 0.2) is 0 Å². The Labute approximate surface area is 130 Å². The molecule has 0 spiro atoms. The zero-order chi connectivity index (χ0) is 14.9. The van der Waals surface area contributed by atoms with Crippen LogP contribution in [0, 0.1) is 11.3 Å². The largest absolute Gasteiger partial charge is 0.380 e. The Morgan fingerprint density at radius 1 is 1.62 bits per heavy atom. The molecule has 0 bridgehead atoms. The van der Waals surface area contributed by atoms with E-state index in [0.29, 0.717) is 5.92 Å². The number of carbonyl (C=O) groups is 1. The van der Waals surface area contributed by atoms with E-state index in [1.54, 1.807) is 17.4 Å². The van der Waals surface area contributed by atoms with Crippen LogP contribution in [0.4, 0.5) is 0 Å². The molecule has 0 aliphatic carbocycles. The molecule has 2 saturated heterocycles. The third-order valence-corrected chi connectivity index (χ3v) is 5.23. The number of likely N-dealkylation sites (tertiary alicyclic amines) is 1. The lowest BCUT2D eigenvalue weighted by Crippen LogP contribution is -2.41. The Morgan fingerprint density at radius 2 is 2.48 bits per heavy atom. The molecule has 114 valence electrons. The van der Waals surface area contributed by atoms with Gasteiger partial charge in [-0.2, -0.15) is 0 Å². The van der Waals surface area contributed by atoms with E-state index in [1.807, 2.05) is 28.5 Å². The molecular weight excluding hydrogens is 284 g/mol. The zero-order valence-corrected chi connectivity index (χ0v) is 13.4. The number of ether oxygens (including phenoxy) is 1. The Hall–Kier alpha value is -1.17. The lowest BCUT2D eigenvalue weighted by Gasteiger charge is -2.30. The average molecular weight is 306 g/mol. The van der Waals surface area contributed by atoms with Crippen molar-refractivity contribution in [2.24, 2.45) is 11.3 Å². The molecule has 2 aliphatic heterocycles. The highest BCUT2D eigenvalue weighted by atomic mass is 32.1. The Bertz CT molecular complexity index is 526. The lowest BCUT2D eigenvalue weighted by molar-refractivity contribution is -0.125. The fraction of sp³-hybridized carbons (Fsp3) is 0.562. The quantitative estimate of drug-likeness (QED) is 0.795. The van der Waals surface area contributed by atoms with Crippen LogP contribution in [0.25, 0.3) is 6.08 Å². The van der Waals surface area contributed by atoms with Crippen molar-refractivity contribution in [1.82, 2.24) is 9.80 Å². The predicted molar refractivity (Wildman–Crippen MR) is 85.2 cm³/mol. The normalized spacial score (nSPS) is 28.7. The van der Waals surface area contributed by atoms with Gasteiger partial charge in [-0.1, -0.05) is 6.07 Å². The van der Waals surface area contributed by atoms with Crippen LogP contribution in [0.3, 0.4) is 0 Å². The van der Waals surface area contributed by atoms with Gasteiger partial charge in [0.25, 0.3) is 0 Å². The topological polar surface area (TPSA) is 32.8 Å². The SMILES string of the molecule is CN(C)C[C@@]12COC[C@@H]1CN(C(=O)/C=C/c1cccs1)C2. The summed E-state index contributed by atoms with van der Waals surface area (Å²) in [4.78, 5) is 17.7. The molecule has 0 N–H and O–H groups in total. The van der Waals surface area contributed by atoms with E-state index in [2.05, 4.69) is 19.0 Å². The molecule has 1 amide bonds. The molecule has 0 radical (unpaired) electrons. The van der Waals surface area contributed by atoms with Crippen LogP contribution in [0.1, 0.15) is 4.88 Å². The van der Waals surface area contributed by atoms with Crippen LogP contribution in [0.5, 0.6) is 0 Å². The second-order valence-electron chi connectivity index (χ2n) is 6.38. The number of hydrogen-bond acceptors (Lipinski definition) is 4. The second-order valence-corrected chi connectivity index (χ2v) is 7.36. The van der Waals surface area contributed by atoms with Crippen molar-refractivity contribution < 1.29 is 9.53 Å². The first-order valence-corrected chi connectivity index (χ1v) is 8.20. The molecule has 3 heterocycles. The second kappa shape index (κ2) is 5.91. The summed E-state index contributed by atoms with van der Waals surface area (Å²) in [6, 6.07) is 4.02. The average Bonchev–Trinajstić information content (AvgIpc) is 3.09. The first-order chi connectivity index (χ1) is 10.1. The van der Waals surface area contributed by atoms with E-state index in [0.717, 1.165) is 37.7 Å². The molecule has 2 fully saturated rings. The molecule has 0 saturated carbocycles. The van der Waals surface area contributed by atoms with Gasteiger partial charge in [0.05, 0.1) is 13.2 Å². The lowest BCUT2D eigenvalue weighted by atomic mass is 9.81. The van der Waals surface area contributed by atoms with Crippen LogP contribution < -0.4 is 0 Å². The molecule has 21 heavy (non-hydrogen) atoms. The van der Waals surface area contributed by atoms with Gasteiger partial charge >= 0.3 is 0 Å². The third kappa shape index (κ3) is 3.05. The van der Waals surface area contributed by atoms with Crippen molar-refractivity contribution in [1.29, 1.82) is 0 Å². The summed E-state index contributed by atoms with van der Waals surface area (Å²) in [7, 11) is 4.18. The molecule has 5 heteroatoms. The molecule has 1 aromatic rings. The molecule has 0 unspecified atom stereocenters. The number of carbonyl (C=O) groups excluding carboxylic acids is 1. The van der Waals surface area contributed by atoms with Gasteiger partial charge in [-0.15, -0.1) is 11.3 Å². The maximum absolute atomic E-state index is 12.4. The number of thiophene rings is 1. The minimum Gasteiger partial charge on any atom is -0.380 e. The van der Waals surface area contributed by atoms with Gasteiger partial charge in [0.1, 0.15) is 0 Å². The highest BCUT2D eigenvalue weighted by molar-refractivity contribution is 7.10. The van der Waals surface area contributed by atoms with Crippen LogP contribution in [0.2, 0.25) is 0 Å². The van der Waals surface area contributed by atoms with Gasteiger partial charge in [-0.05, 0) is 31.6 Å². The summed E-state index contributed by atoms with van der Waals surface area (Å²) in [6.45, 7) is 4.17. The van der Waals surface area contributed by atoms with Crippen molar-refractivity contribution >= 4 is 23.3 Å². The fourth-order valence-corrected chi connectivity index (χ4v) is 4.12.